The van der Waals surface area contributed by atoms with Gasteiger partial charge in [0.1, 0.15) is 12.1 Å². The first-order chi connectivity index (χ1) is 20.7. The van der Waals surface area contributed by atoms with E-state index in [2.05, 4.69) is 40.2 Å². The molecule has 0 atom stereocenters. The summed E-state index contributed by atoms with van der Waals surface area (Å²) in [5.74, 6) is 0.234. The number of rotatable bonds is 11. The molecule has 0 fully saturated rings. The Hall–Kier alpha value is -3.07. The molecule has 0 spiro atoms. The van der Waals surface area contributed by atoms with Crippen molar-refractivity contribution in [3.63, 3.8) is 0 Å². The molecule has 2 aromatic heterocycles. The quantitative estimate of drug-likeness (QED) is 0.117. The molecule has 0 aliphatic rings. The van der Waals surface area contributed by atoms with E-state index in [-0.39, 0.29) is 42.5 Å². The molecule has 0 radical (unpaired) electrons. The number of fused-ring (bicyclic) bond motifs is 1. The SMILES string of the molecule is COC(=O)Nc1ccc(Sc2ccc(C(=O)NC(C)(C)COP(=O)(O)O)cc2Nc2ncnc3nc(C(C)C)ccc23)cc1.[H-].[Na+]. The van der Waals surface area contributed by atoms with Crippen LogP contribution in [0.15, 0.2) is 70.7 Å². The average Bonchev–Trinajstić information content (AvgIpc) is 2.97. The number of nitrogens with zero attached hydrogens (tertiary/aromatic N) is 3. The maximum atomic E-state index is 13.2. The molecule has 2 aromatic carbocycles. The number of pyridine rings is 1. The molecular formula is C29H34N6NaO7PS. The summed E-state index contributed by atoms with van der Waals surface area (Å²) in [4.78, 5) is 58.0. The van der Waals surface area contributed by atoms with Gasteiger partial charge in [-0.15, -0.1) is 0 Å². The van der Waals surface area contributed by atoms with Crippen LogP contribution in [0, 0.1) is 0 Å². The van der Waals surface area contributed by atoms with Crippen molar-refractivity contribution in [1.82, 2.24) is 20.3 Å². The first-order valence-corrected chi connectivity index (χ1v) is 15.8. The van der Waals surface area contributed by atoms with Crippen molar-refractivity contribution in [3.05, 3.63) is 72.2 Å². The van der Waals surface area contributed by atoms with E-state index in [9.17, 15) is 14.2 Å². The number of ether oxygens (including phenoxy) is 1. The number of hydrogen-bond acceptors (Lipinski definition) is 10. The predicted molar refractivity (Wildman–Crippen MR) is 168 cm³/mol. The molecule has 0 aliphatic carbocycles. The van der Waals surface area contributed by atoms with Crippen molar-refractivity contribution in [2.24, 2.45) is 0 Å². The van der Waals surface area contributed by atoms with Crippen LogP contribution in [0.25, 0.3) is 11.0 Å². The van der Waals surface area contributed by atoms with E-state index < -0.39 is 32.0 Å². The van der Waals surface area contributed by atoms with Crippen LogP contribution >= 0.6 is 19.6 Å². The maximum absolute atomic E-state index is 13.2. The largest absolute Gasteiger partial charge is 1.00 e. The van der Waals surface area contributed by atoms with Crippen LogP contribution in [0.1, 0.15) is 51.1 Å². The van der Waals surface area contributed by atoms with Crippen molar-refractivity contribution < 1.29 is 64.2 Å². The van der Waals surface area contributed by atoms with Crippen LogP contribution in [-0.4, -0.2) is 56.0 Å². The summed E-state index contributed by atoms with van der Waals surface area (Å²) in [7, 11) is -3.43. The Bertz CT molecular complexity index is 1730. The fourth-order valence-electron chi connectivity index (χ4n) is 3.93. The van der Waals surface area contributed by atoms with Gasteiger partial charge in [-0.3, -0.25) is 14.6 Å². The van der Waals surface area contributed by atoms with Crippen molar-refractivity contribution in [1.29, 1.82) is 0 Å². The van der Waals surface area contributed by atoms with Crippen LogP contribution in [-0.2, 0) is 13.8 Å². The molecule has 4 aromatic rings. The van der Waals surface area contributed by atoms with E-state index in [1.807, 2.05) is 38.1 Å². The Morgan fingerprint density at radius 1 is 1.07 bits per heavy atom. The van der Waals surface area contributed by atoms with Gasteiger partial charge < -0.3 is 26.6 Å². The third-order valence-corrected chi connectivity index (χ3v) is 7.71. The minimum atomic E-state index is -4.71. The summed E-state index contributed by atoms with van der Waals surface area (Å²) < 4.78 is 20.4. The zero-order valence-corrected chi connectivity index (χ0v) is 29.4. The summed E-state index contributed by atoms with van der Waals surface area (Å²) >= 11 is 1.42. The molecule has 45 heavy (non-hydrogen) atoms. The molecule has 0 aliphatic heterocycles. The van der Waals surface area contributed by atoms with E-state index in [1.54, 1.807) is 44.2 Å². The molecule has 0 saturated heterocycles. The summed E-state index contributed by atoms with van der Waals surface area (Å²) in [6.07, 6.45) is 0.844. The van der Waals surface area contributed by atoms with Crippen molar-refractivity contribution in [3.8, 4) is 0 Å². The van der Waals surface area contributed by atoms with Gasteiger partial charge in [-0.25, -0.2) is 24.3 Å². The van der Waals surface area contributed by atoms with Gasteiger partial charge in [-0.2, -0.15) is 0 Å². The molecule has 234 valence electrons. The second kappa shape index (κ2) is 15.5. The van der Waals surface area contributed by atoms with Crippen LogP contribution in [0.2, 0.25) is 0 Å². The number of anilines is 3. The Kier molecular flexibility index (Phi) is 12.5. The van der Waals surface area contributed by atoms with Crippen molar-refractivity contribution in [2.45, 2.75) is 48.9 Å². The Labute approximate surface area is 288 Å². The van der Waals surface area contributed by atoms with Gasteiger partial charge in [0.25, 0.3) is 5.91 Å². The Morgan fingerprint density at radius 3 is 2.42 bits per heavy atom. The second-order valence-corrected chi connectivity index (χ2v) is 13.0. The minimum absolute atomic E-state index is 0. The molecule has 5 N–H and O–H groups in total. The summed E-state index contributed by atoms with van der Waals surface area (Å²) in [6.45, 7) is 6.88. The van der Waals surface area contributed by atoms with Crippen LogP contribution < -0.4 is 45.5 Å². The smallest absolute Gasteiger partial charge is 1.00 e. The fourth-order valence-corrected chi connectivity index (χ4v) is 5.30. The van der Waals surface area contributed by atoms with E-state index in [0.717, 1.165) is 15.5 Å². The standard InChI is InChI=1S/C29H33N6O7PS.Na.H/c1-17(2)22-12-11-21-25(33-22)30-16-31-26(21)34-23-14-18(27(36)35-29(3,4)15-42-43(38,39)40)6-13-24(23)44-20-9-7-19(8-10-20)32-28(37)41-5;;/h6-14,16-17H,15H2,1-5H3,(H,32,37)(H,35,36)(H2,38,39,40)(H,30,31,33,34);;/q;+1;-1. The number of phosphoric acid groups is 1. The number of nitrogens with one attached hydrogen (secondary N) is 3. The van der Waals surface area contributed by atoms with Gasteiger partial charge >= 0.3 is 43.5 Å². The number of hydrogen-bond donors (Lipinski definition) is 5. The first kappa shape index (κ1) is 36.4. The van der Waals surface area contributed by atoms with Crippen molar-refractivity contribution >= 4 is 59.8 Å². The topological polar surface area (TPSA) is 185 Å². The monoisotopic (exact) mass is 664 g/mol. The van der Waals surface area contributed by atoms with Gasteiger partial charge in [0.2, 0.25) is 0 Å². The third-order valence-electron chi connectivity index (χ3n) is 6.16. The molecule has 0 bridgehead atoms. The molecule has 0 saturated carbocycles. The van der Waals surface area contributed by atoms with Crippen LogP contribution in [0.4, 0.5) is 22.0 Å². The number of phosphoric ester groups is 1. The number of aromatic nitrogens is 3. The zero-order chi connectivity index (χ0) is 32.1. The van der Waals surface area contributed by atoms with Gasteiger partial charge in [-0.05, 0) is 74.4 Å². The molecule has 0 unspecified atom stereocenters. The van der Waals surface area contributed by atoms with E-state index >= 15 is 0 Å². The molecule has 13 nitrogen and oxygen atoms in total. The molecular weight excluding hydrogens is 630 g/mol. The normalized spacial score (nSPS) is 11.6. The first-order valence-electron chi connectivity index (χ1n) is 13.4. The molecule has 16 heteroatoms. The summed E-state index contributed by atoms with van der Waals surface area (Å²) in [5.41, 5.74) is 1.76. The molecule has 2 amide bonds. The van der Waals surface area contributed by atoms with Gasteiger partial charge in [0.15, 0.2) is 5.65 Å². The number of benzene rings is 2. The number of amides is 2. The van der Waals surface area contributed by atoms with E-state index in [4.69, 9.17) is 9.79 Å². The van der Waals surface area contributed by atoms with E-state index in [0.29, 0.717) is 28.2 Å². The summed E-state index contributed by atoms with van der Waals surface area (Å²) in [5, 5.41) is 9.40. The Balaban J connectivity index is 0.00000368. The molecule has 2 heterocycles. The Morgan fingerprint density at radius 2 is 1.78 bits per heavy atom. The zero-order valence-electron chi connectivity index (χ0n) is 26.7. The summed E-state index contributed by atoms with van der Waals surface area (Å²) in [6, 6.07) is 16.1. The van der Waals surface area contributed by atoms with Gasteiger partial charge in [-0.1, -0.05) is 25.6 Å². The number of carbonyl (C=O) groups is 2. The predicted octanol–water partition coefficient (Wildman–Crippen LogP) is 2.96. The fraction of sp³-hybridized carbons (Fsp3) is 0.276. The minimum Gasteiger partial charge on any atom is -1.00 e. The molecule has 4 rings (SSSR count). The third kappa shape index (κ3) is 10.5. The van der Waals surface area contributed by atoms with Gasteiger partial charge in [0, 0.05) is 26.7 Å². The van der Waals surface area contributed by atoms with Crippen molar-refractivity contribution in [2.75, 3.05) is 24.4 Å². The van der Waals surface area contributed by atoms with Crippen LogP contribution in [0.5, 0.6) is 0 Å². The number of carbonyl (C=O) groups excluding carboxylic acids is 2. The van der Waals surface area contributed by atoms with E-state index in [1.165, 1.54) is 25.2 Å². The van der Waals surface area contributed by atoms with Crippen LogP contribution in [0.3, 0.4) is 0 Å². The maximum Gasteiger partial charge on any atom is 1.00 e. The second-order valence-electron chi connectivity index (χ2n) is 10.7. The average molecular weight is 665 g/mol. The van der Waals surface area contributed by atoms with Gasteiger partial charge in [0.05, 0.1) is 30.3 Å². The number of methoxy groups -OCH3 is 1.